The summed E-state index contributed by atoms with van der Waals surface area (Å²) in [5, 5.41) is 10.4. The summed E-state index contributed by atoms with van der Waals surface area (Å²) >= 11 is 0. The third-order valence-corrected chi connectivity index (χ3v) is 3.85. The van der Waals surface area contributed by atoms with Crippen molar-refractivity contribution in [1.29, 1.82) is 0 Å². The van der Waals surface area contributed by atoms with E-state index in [1.165, 1.54) is 0 Å². The number of carbonyl (C=O) groups is 1. The van der Waals surface area contributed by atoms with Gasteiger partial charge in [-0.15, -0.1) is 5.10 Å². The molecule has 1 heterocycles. The monoisotopic (exact) mass is 299 g/mol. The molecule has 0 spiro atoms. The van der Waals surface area contributed by atoms with Gasteiger partial charge in [-0.1, -0.05) is 71.9 Å². The molecule has 0 unspecified atom stereocenters. The molecule has 0 radical (unpaired) electrons. The molecule has 1 aromatic heterocycles. The Balaban J connectivity index is 2.03. The summed E-state index contributed by atoms with van der Waals surface area (Å²) in [7, 11) is 0. The highest BCUT2D eigenvalue weighted by Crippen LogP contribution is 2.28. The standard InChI is InChI=1S/C19H13N3O/c23-13-17-19(15-8-2-1-3-9-15)22(21-20-17)18-12-6-10-14-7-4-5-11-16(14)18/h1-13H. The highest BCUT2D eigenvalue weighted by atomic mass is 16.1. The molecule has 0 saturated heterocycles. The van der Waals surface area contributed by atoms with Gasteiger partial charge in [0.05, 0.1) is 5.69 Å². The van der Waals surface area contributed by atoms with Crippen molar-refractivity contribution in [3.63, 3.8) is 0 Å². The van der Waals surface area contributed by atoms with Gasteiger partial charge in [0.2, 0.25) is 0 Å². The Kier molecular flexibility index (Phi) is 3.20. The van der Waals surface area contributed by atoms with Crippen LogP contribution in [0.2, 0.25) is 0 Å². The summed E-state index contributed by atoms with van der Waals surface area (Å²) in [5.74, 6) is 0. The molecule has 4 nitrogen and oxygen atoms in total. The number of aromatic nitrogens is 3. The Bertz CT molecular complexity index is 985. The van der Waals surface area contributed by atoms with Crippen LogP contribution in [0.3, 0.4) is 0 Å². The molecule has 23 heavy (non-hydrogen) atoms. The zero-order valence-corrected chi connectivity index (χ0v) is 12.3. The van der Waals surface area contributed by atoms with Crippen LogP contribution in [-0.4, -0.2) is 21.3 Å². The fourth-order valence-electron chi connectivity index (χ4n) is 2.80. The predicted molar refractivity (Wildman–Crippen MR) is 89.7 cm³/mol. The highest BCUT2D eigenvalue weighted by molar-refractivity contribution is 5.92. The lowest BCUT2D eigenvalue weighted by Crippen LogP contribution is -2.01. The van der Waals surface area contributed by atoms with Crippen molar-refractivity contribution in [2.24, 2.45) is 0 Å². The summed E-state index contributed by atoms with van der Waals surface area (Å²) in [6, 6.07) is 23.8. The molecule has 4 aromatic rings. The van der Waals surface area contributed by atoms with Crippen molar-refractivity contribution < 1.29 is 4.79 Å². The normalized spacial score (nSPS) is 10.8. The topological polar surface area (TPSA) is 47.8 Å². The van der Waals surface area contributed by atoms with Crippen LogP contribution < -0.4 is 0 Å². The molecule has 4 rings (SSSR count). The lowest BCUT2D eigenvalue weighted by atomic mass is 10.1. The van der Waals surface area contributed by atoms with Crippen LogP contribution in [0.25, 0.3) is 27.7 Å². The summed E-state index contributed by atoms with van der Waals surface area (Å²) in [6.45, 7) is 0. The van der Waals surface area contributed by atoms with Crippen LogP contribution in [0.1, 0.15) is 10.5 Å². The van der Waals surface area contributed by atoms with E-state index in [1.54, 1.807) is 4.68 Å². The molecule has 0 N–H and O–H groups in total. The molecule has 0 aliphatic rings. The zero-order chi connectivity index (χ0) is 15.6. The Morgan fingerprint density at radius 3 is 2.39 bits per heavy atom. The quantitative estimate of drug-likeness (QED) is 0.539. The van der Waals surface area contributed by atoms with Crippen LogP contribution >= 0.6 is 0 Å². The van der Waals surface area contributed by atoms with Gasteiger partial charge in [-0.2, -0.15) is 0 Å². The van der Waals surface area contributed by atoms with Crippen molar-refractivity contribution in [3.8, 4) is 16.9 Å². The van der Waals surface area contributed by atoms with E-state index in [2.05, 4.69) is 22.4 Å². The molecule has 0 amide bonds. The van der Waals surface area contributed by atoms with Crippen LogP contribution in [0, 0.1) is 0 Å². The molecule has 110 valence electrons. The molecule has 4 heteroatoms. The fraction of sp³-hybridized carbons (Fsp3) is 0. The average molecular weight is 299 g/mol. The minimum Gasteiger partial charge on any atom is -0.296 e. The number of nitrogens with zero attached hydrogens (tertiary/aromatic N) is 3. The second kappa shape index (κ2) is 5.50. The van der Waals surface area contributed by atoms with Gasteiger partial charge >= 0.3 is 0 Å². The van der Waals surface area contributed by atoms with Crippen molar-refractivity contribution in [3.05, 3.63) is 78.5 Å². The Hall–Kier alpha value is -3.27. The van der Waals surface area contributed by atoms with Crippen molar-refractivity contribution in [1.82, 2.24) is 15.0 Å². The number of aldehydes is 1. The smallest absolute Gasteiger partial charge is 0.172 e. The number of fused-ring (bicyclic) bond motifs is 1. The number of carbonyl (C=O) groups excluding carboxylic acids is 1. The molecule has 0 atom stereocenters. The first kappa shape index (κ1) is 13.4. The molecule has 0 saturated carbocycles. The molecule has 0 bridgehead atoms. The van der Waals surface area contributed by atoms with E-state index in [-0.39, 0.29) is 0 Å². The van der Waals surface area contributed by atoms with E-state index in [9.17, 15) is 4.79 Å². The summed E-state index contributed by atoms with van der Waals surface area (Å²) in [5.41, 5.74) is 2.86. The van der Waals surface area contributed by atoms with Gasteiger partial charge in [-0.25, -0.2) is 4.68 Å². The number of benzene rings is 3. The summed E-state index contributed by atoms with van der Waals surface area (Å²) < 4.78 is 1.74. The van der Waals surface area contributed by atoms with E-state index < -0.39 is 0 Å². The van der Waals surface area contributed by atoms with Crippen molar-refractivity contribution in [2.75, 3.05) is 0 Å². The second-order valence-corrected chi connectivity index (χ2v) is 5.22. The molecule has 3 aromatic carbocycles. The lowest BCUT2D eigenvalue weighted by Gasteiger charge is -2.10. The summed E-state index contributed by atoms with van der Waals surface area (Å²) in [4.78, 5) is 11.4. The molecular formula is C19H13N3O. The summed E-state index contributed by atoms with van der Waals surface area (Å²) in [6.07, 6.45) is 0.747. The van der Waals surface area contributed by atoms with Gasteiger partial charge in [-0.3, -0.25) is 4.79 Å². The van der Waals surface area contributed by atoms with E-state index in [4.69, 9.17) is 0 Å². The largest absolute Gasteiger partial charge is 0.296 e. The molecule has 0 fully saturated rings. The number of hydrogen-bond donors (Lipinski definition) is 0. The SMILES string of the molecule is O=Cc1nnn(-c2cccc3ccccc23)c1-c1ccccc1. The van der Waals surface area contributed by atoms with Gasteiger partial charge in [0.25, 0.3) is 0 Å². The van der Waals surface area contributed by atoms with Crippen LogP contribution in [-0.2, 0) is 0 Å². The molecule has 0 aliphatic carbocycles. The van der Waals surface area contributed by atoms with E-state index in [0.717, 1.165) is 28.3 Å². The van der Waals surface area contributed by atoms with E-state index in [0.29, 0.717) is 11.4 Å². The maximum Gasteiger partial charge on any atom is 0.172 e. The Morgan fingerprint density at radius 1 is 0.826 bits per heavy atom. The predicted octanol–water partition coefficient (Wildman–Crippen LogP) is 3.90. The Labute approximate surface area is 133 Å². The van der Waals surface area contributed by atoms with Crippen LogP contribution in [0.4, 0.5) is 0 Å². The second-order valence-electron chi connectivity index (χ2n) is 5.22. The van der Waals surface area contributed by atoms with Crippen molar-refractivity contribution in [2.45, 2.75) is 0 Å². The minimum absolute atomic E-state index is 0.337. The lowest BCUT2D eigenvalue weighted by molar-refractivity contribution is 0.111. The van der Waals surface area contributed by atoms with Gasteiger partial charge in [0.15, 0.2) is 12.0 Å². The third kappa shape index (κ3) is 2.21. The van der Waals surface area contributed by atoms with Gasteiger partial charge < -0.3 is 0 Å². The Morgan fingerprint density at radius 2 is 1.57 bits per heavy atom. The van der Waals surface area contributed by atoms with Gasteiger partial charge in [0.1, 0.15) is 5.69 Å². The van der Waals surface area contributed by atoms with Gasteiger partial charge in [-0.05, 0) is 11.5 Å². The van der Waals surface area contributed by atoms with Crippen LogP contribution in [0.5, 0.6) is 0 Å². The minimum atomic E-state index is 0.337. The van der Waals surface area contributed by atoms with Crippen molar-refractivity contribution >= 4 is 17.1 Å². The first-order chi connectivity index (χ1) is 11.4. The first-order valence-corrected chi connectivity index (χ1v) is 7.33. The third-order valence-electron chi connectivity index (χ3n) is 3.85. The van der Waals surface area contributed by atoms with Gasteiger partial charge in [0, 0.05) is 10.9 Å². The molecular weight excluding hydrogens is 286 g/mol. The molecule has 0 aliphatic heterocycles. The first-order valence-electron chi connectivity index (χ1n) is 7.33. The van der Waals surface area contributed by atoms with E-state index in [1.807, 2.05) is 60.7 Å². The van der Waals surface area contributed by atoms with E-state index >= 15 is 0 Å². The maximum absolute atomic E-state index is 11.4. The average Bonchev–Trinajstić information content (AvgIpc) is 3.06. The van der Waals surface area contributed by atoms with Crippen LogP contribution in [0.15, 0.2) is 72.8 Å². The maximum atomic E-state index is 11.4. The number of rotatable bonds is 3. The fourth-order valence-corrected chi connectivity index (χ4v) is 2.80. The highest BCUT2D eigenvalue weighted by Gasteiger charge is 2.16. The zero-order valence-electron chi connectivity index (χ0n) is 12.3. The number of hydrogen-bond acceptors (Lipinski definition) is 3.